The Labute approximate surface area is 86.1 Å². The van der Waals surface area contributed by atoms with Crippen molar-refractivity contribution in [2.24, 2.45) is 0 Å². The van der Waals surface area contributed by atoms with Crippen molar-refractivity contribution in [3.63, 3.8) is 0 Å². The van der Waals surface area contributed by atoms with Crippen LogP contribution in [0.15, 0.2) is 12.1 Å². The van der Waals surface area contributed by atoms with Crippen LogP contribution in [0, 0.1) is 5.82 Å². The first kappa shape index (κ1) is 10.2. The molecule has 0 heterocycles. The molecule has 0 spiro atoms. The highest BCUT2D eigenvalue weighted by molar-refractivity contribution is 7.80. The number of rotatable bonds is 1. The van der Waals surface area contributed by atoms with Gasteiger partial charge in [0, 0.05) is 15.8 Å². The molecule has 0 nitrogen and oxygen atoms in total. The van der Waals surface area contributed by atoms with Crippen molar-refractivity contribution in [2.45, 2.75) is 12.2 Å². The molecule has 4 heteroatoms. The maximum absolute atomic E-state index is 13.2. The zero-order valence-electron chi connectivity index (χ0n) is 6.31. The molecule has 1 atom stereocenters. The van der Waals surface area contributed by atoms with Gasteiger partial charge in [-0.25, -0.2) is 4.39 Å². The van der Waals surface area contributed by atoms with Gasteiger partial charge in [0.2, 0.25) is 0 Å². The van der Waals surface area contributed by atoms with Gasteiger partial charge in [-0.05, 0) is 19.1 Å². The standard InChI is InChI=1S/C8H7Cl2FS/c1-4(12)6-2-5(9)3-7(10)8(6)11/h2-4,12H,1H3/t4-/m1/s1. The summed E-state index contributed by atoms with van der Waals surface area (Å²) < 4.78 is 13.2. The van der Waals surface area contributed by atoms with E-state index in [0.29, 0.717) is 10.6 Å². The molecular formula is C8H7Cl2FS. The minimum atomic E-state index is -0.441. The molecule has 0 aromatic heterocycles. The summed E-state index contributed by atoms with van der Waals surface area (Å²) in [6.07, 6.45) is 0. The summed E-state index contributed by atoms with van der Waals surface area (Å²) in [7, 11) is 0. The Morgan fingerprint density at radius 1 is 1.42 bits per heavy atom. The zero-order valence-corrected chi connectivity index (χ0v) is 8.72. The molecule has 0 aliphatic rings. The van der Waals surface area contributed by atoms with Gasteiger partial charge in [-0.1, -0.05) is 23.2 Å². The minimum absolute atomic E-state index is 0.0402. The highest BCUT2D eigenvalue weighted by Gasteiger charge is 2.11. The van der Waals surface area contributed by atoms with Gasteiger partial charge in [-0.15, -0.1) is 0 Å². The van der Waals surface area contributed by atoms with Crippen LogP contribution in [0.3, 0.4) is 0 Å². The quantitative estimate of drug-likeness (QED) is 0.539. The van der Waals surface area contributed by atoms with E-state index < -0.39 is 5.82 Å². The fourth-order valence-electron chi connectivity index (χ4n) is 0.880. The molecule has 0 N–H and O–H groups in total. The van der Waals surface area contributed by atoms with E-state index >= 15 is 0 Å². The molecule has 0 bridgehead atoms. The monoisotopic (exact) mass is 224 g/mol. The van der Waals surface area contributed by atoms with Gasteiger partial charge in [0.25, 0.3) is 0 Å². The maximum Gasteiger partial charge on any atom is 0.146 e. The number of thiol groups is 1. The number of benzene rings is 1. The molecule has 0 unspecified atom stereocenters. The van der Waals surface area contributed by atoms with Crippen molar-refractivity contribution in [1.82, 2.24) is 0 Å². The van der Waals surface area contributed by atoms with Crippen molar-refractivity contribution >= 4 is 35.8 Å². The van der Waals surface area contributed by atoms with Crippen LogP contribution < -0.4 is 0 Å². The smallest absolute Gasteiger partial charge is 0.146 e. The van der Waals surface area contributed by atoms with Gasteiger partial charge in [0.05, 0.1) is 5.02 Å². The van der Waals surface area contributed by atoms with Crippen molar-refractivity contribution < 1.29 is 4.39 Å². The highest BCUT2D eigenvalue weighted by Crippen LogP contribution is 2.30. The molecule has 0 aliphatic heterocycles. The predicted molar refractivity (Wildman–Crippen MR) is 53.8 cm³/mol. The van der Waals surface area contributed by atoms with Crippen LogP contribution >= 0.6 is 35.8 Å². The van der Waals surface area contributed by atoms with Gasteiger partial charge in [-0.3, -0.25) is 0 Å². The second kappa shape index (κ2) is 3.86. The lowest BCUT2D eigenvalue weighted by Crippen LogP contribution is -1.91. The summed E-state index contributed by atoms with van der Waals surface area (Å²) in [4.78, 5) is 0. The van der Waals surface area contributed by atoms with Gasteiger partial charge in [0.15, 0.2) is 0 Å². The van der Waals surface area contributed by atoms with Crippen molar-refractivity contribution in [3.8, 4) is 0 Å². The van der Waals surface area contributed by atoms with Crippen molar-refractivity contribution in [2.75, 3.05) is 0 Å². The molecule has 0 fully saturated rings. The van der Waals surface area contributed by atoms with E-state index in [1.165, 1.54) is 12.1 Å². The van der Waals surface area contributed by atoms with Gasteiger partial charge < -0.3 is 0 Å². The largest absolute Gasteiger partial charge is 0.205 e. The van der Waals surface area contributed by atoms with Crippen LogP contribution in [0.2, 0.25) is 10.0 Å². The summed E-state index contributed by atoms with van der Waals surface area (Å²) >= 11 is 15.3. The maximum atomic E-state index is 13.2. The fraction of sp³-hybridized carbons (Fsp3) is 0.250. The van der Waals surface area contributed by atoms with E-state index in [1.54, 1.807) is 6.92 Å². The Bertz CT molecular complexity index is 299. The highest BCUT2D eigenvalue weighted by atomic mass is 35.5. The van der Waals surface area contributed by atoms with Gasteiger partial charge in [0.1, 0.15) is 5.82 Å². The molecule has 0 amide bonds. The lowest BCUT2D eigenvalue weighted by atomic mass is 10.1. The van der Waals surface area contributed by atoms with Crippen LogP contribution in [-0.2, 0) is 0 Å². The zero-order chi connectivity index (χ0) is 9.30. The second-order valence-corrected chi connectivity index (χ2v) is 4.09. The van der Waals surface area contributed by atoms with Crippen LogP contribution in [0.5, 0.6) is 0 Å². The fourth-order valence-corrected chi connectivity index (χ4v) is 1.58. The van der Waals surface area contributed by atoms with Gasteiger partial charge in [-0.2, -0.15) is 12.6 Å². The Morgan fingerprint density at radius 3 is 2.50 bits per heavy atom. The molecule has 66 valence electrons. The molecule has 0 aliphatic carbocycles. The van der Waals surface area contributed by atoms with E-state index in [1.807, 2.05) is 0 Å². The molecule has 1 aromatic rings. The molecule has 0 radical (unpaired) electrons. The summed E-state index contributed by atoms with van der Waals surface area (Å²) in [5.74, 6) is -0.441. The second-order valence-electron chi connectivity index (χ2n) is 2.47. The van der Waals surface area contributed by atoms with Crippen LogP contribution in [-0.4, -0.2) is 0 Å². The van der Waals surface area contributed by atoms with Crippen LogP contribution in [0.25, 0.3) is 0 Å². The number of hydrogen-bond donors (Lipinski definition) is 1. The normalized spacial score (nSPS) is 13.1. The average Bonchev–Trinajstić information content (AvgIpc) is 1.96. The average molecular weight is 225 g/mol. The molecular weight excluding hydrogens is 218 g/mol. The molecule has 0 saturated heterocycles. The predicted octanol–water partition coefficient (Wildman–Crippen LogP) is 4.12. The van der Waals surface area contributed by atoms with E-state index in [0.717, 1.165) is 0 Å². The summed E-state index contributed by atoms with van der Waals surface area (Å²) in [5.41, 5.74) is 0.427. The Morgan fingerprint density at radius 2 is 2.00 bits per heavy atom. The third-order valence-corrected chi connectivity index (χ3v) is 2.24. The van der Waals surface area contributed by atoms with E-state index in [9.17, 15) is 4.39 Å². The van der Waals surface area contributed by atoms with E-state index in [2.05, 4.69) is 12.6 Å². The van der Waals surface area contributed by atoms with Gasteiger partial charge >= 0.3 is 0 Å². The lowest BCUT2D eigenvalue weighted by Gasteiger charge is -2.07. The Balaban J connectivity index is 3.28. The first-order valence-electron chi connectivity index (χ1n) is 3.35. The van der Waals surface area contributed by atoms with E-state index in [-0.39, 0.29) is 10.3 Å². The number of hydrogen-bond acceptors (Lipinski definition) is 1. The summed E-state index contributed by atoms with van der Waals surface area (Å²) in [6.45, 7) is 1.76. The van der Waals surface area contributed by atoms with Crippen molar-refractivity contribution in [1.29, 1.82) is 0 Å². The Hall–Kier alpha value is 0.0800. The molecule has 1 aromatic carbocycles. The van der Waals surface area contributed by atoms with Crippen LogP contribution in [0.1, 0.15) is 17.7 Å². The number of halogens is 3. The third kappa shape index (κ3) is 2.06. The lowest BCUT2D eigenvalue weighted by molar-refractivity contribution is 0.612. The van der Waals surface area contributed by atoms with Crippen LogP contribution in [0.4, 0.5) is 4.39 Å². The Kier molecular flexibility index (Phi) is 3.27. The third-order valence-electron chi connectivity index (χ3n) is 1.47. The van der Waals surface area contributed by atoms with E-state index in [4.69, 9.17) is 23.2 Å². The summed E-state index contributed by atoms with van der Waals surface area (Å²) in [5, 5.41) is 0.261. The first-order chi connectivity index (χ1) is 5.52. The molecule has 1 rings (SSSR count). The molecule has 0 saturated carbocycles. The SMILES string of the molecule is C[C@@H](S)c1cc(Cl)cc(Cl)c1F. The topological polar surface area (TPSA) is 0 Å². The van der Waals surface area contributed by atoms with Crippen molar-refractivity contribution in [3.05, 3.63) is 33.6 Å². The molecule has 12 heavy (non-hydrogen) atoms. The summed E-state index contributed by atoms with van der Waals surface area (Å²) in [6, 6.07) is 2.90. The first-order valence-corrected chi connectivity index (χ1v) is 4.62. The minimum Gasteiger partial charge on any atom is -0.205 e.